The molecule has 0 aromatic rings. The fraction of sp³-hybridized carbons (Fsp3) is 0.667. The van der Waals surface area contributed by atoms with Crippen LogP contribution in [0.15, 0.2) is 0 Å². The van der Waals surface area contributed by atoms with Crippen molar-refractivity contribution >= 4 is 11.8 Å². The van der Waals surface area contributed by atoms with Crippen LogP contribution in [0.2, 0.25) is 0 Å². The van der Waals surface area contributed by atoms with E-state index in [1.54, 1.807) is 0 Å². The van der Waals surface area contributed by atoms with Gasteiger partial charge in [-0.2, -0.15) is 0 Å². The van der Waals surface area contributed by atoms with Gasteiger partial charge >= 0.3 is 51.4 Å². The van der Waals surface area contributed by atoms with Crippen molar-refractivity contribution in [3.63, 3.8) is 0 Å². The maximum atomic E-state index is 9.92. The van der Waals surface area contributed by atoms with Crippen LogP contribution < -0.4 is 56.7 Å². The van der Waals surface area contributed by atoms with Crippen molar-refractivity contribution in [1.29, 1.82) is 0 Å². The summed E-state index contributed by atoms with van der Waals surface area (Å²) in [6, 6.07) is 0. The molecule has 0 spiro atoms. The molecule has 10 heavy (non-hydrogen) atoms. The predicted octanol–water partition coefficient (Wildman–Crippen LogP) is -2.19. The molecule has 0 saturated carbocycles. The van der Waals surface area contributed by atoms with Crippen LogP contribution >= 0.6 is 0 Å². The third-order valence-corrected chi connectivity index (χ3v) is 0.352. The Morgan fingerprint density at radius 3 is 1.30 bits per heavy atom. The molecule has 3 nitrogen and oxygen atoms in total. The molecule has 0 heterocycles. The van der Waals surface area contributed by atoms with E-state index in [1.165, 1.54) is 13.8 Å². The first-order chi connectivity index (χ1) is 4.13. The molecular formula is C6H14KNO2. The van der Waals surface area contributed by atoms with Crippen molar-refractivity contribution in [2.45, 2.75) is 27.7 Å². The van der Waals surface area contributed by atoms with Crippen LogP contribution in [0.4, 0.5) is 0 Å². The molecule has 0 aliphatic rings. The molecule has 0 atom stereocenters. The van der Waals surface area contributed by atoms with Crippen LogP contribution in [0.25, 0.3) is 0 Å². The molecule has 0 aromatic heterocycles. The Balaban J connectivity index is -0.0000000564. The topological polar surface area (TPSA) is 46.2 Å². The fourth-order valence-corrected chi connectivity index (χ4v) is 0.248. The summed E-state index contributed by atoms with van der Waals surface area (Å²) in [4.78, 5) is 19.8. The van der Waals surface area contributed by atoms with E-state index in [0.29, 0.717) is 0 Å². The van der Waals surface area contributed by atoms with Crippen molar-refractivity contribution in [3.05, 3.63) is 0 Å². The van der Waals surface area contributed by atoms with Crippen LogP contribution in [0.1, 0.15) is 29.1 Å². The standard InChI is InChI=1S/C4H7NO2.C2H6.K.H/c1-3(6)5-4(2)7;1-2;;/h1-2H3,(H,5,6,7);1-2H3;;/q;;+1;-1. The molecule has 4 heteroatoms. The molecule has 0 saturated heterocycles. The first-order valence-electron chi connectivity index (χ1n) is 2.91. The maximum absolute atomic E-state index is 9.92. The minimum atomic E-state index is -0.312. The van der Waals surface area contributed by atoms with Crippen LogP contribution in [-0.2, 0) is 9.59 Å². The van der Waals surface area contributed by atoms with Gasteiger partial charge < -0.3 is 1.43 Å². The Morgan fingerprint density at radius 1 is 1.10 bits per heavy atom. The van der Waals surface area contributed by atoms with E-state index in [4.69, 9.17) is 0 Å². The Morgan fingerprint density at radius 2 is 1.30 bits per heavy atom. The normalized spacial score (nSPS) is 6.00. The molecule has 0 rings (SSSR count). The first kappa shape index (κ1) is 17.0. The molecule has 0 fully saturated rings. The van der Waals surface area contributed by atoms with Crippen molar-refractivity contribution in [2.75, 3.05) is 0 Å². The van der Waals surface area contributed by atoms with Crippen LogP contribution in [0.3, 0.4) is 0 Å². The number of rotatable bonds is 0. The Kier molecular flexibility index (Phi) is 21.2. The van der Waals surface area contributed by atoms with Crippen molar-refractivity contribution < 1.29 is 62.4 Å². The second kappa shape index (κ2) is 12.5. The van der Waals surface area contributed by atoms with E-state index < -0.39 is 0 Å². The van der Waals surface area contributed by atoms with Gasteiger partial charge in [0.1, 0.15) is 0 Å². The van der Waals surface area contributed by atoms with E-state index in [2.05, 4.69) is 0 Å². The summed E-state index contributed by atoms with van der Waals surface area (Å²) >= 11 is 0. The molecule has 56 valence electrons. The summed E-state index contributed by atoms with van der Waals surface area (Å²) in [5.41, 5.74) is 0. The third kappa shape index (κ3) is 23.3. The Labute approximate surface area is 106 Å². The van der Waals surface area contributed by atoms with Gasteiger partial charge in [0.05, 0.1) is 0 Å². The van der Waals surface area contributed by atoms with Crippen LogP contribution in [0, 0.1) is 0 Å². The first-order valence-corrected chi connectivity index (χ1v) is 2.91. The van der Waals surface area contributed by atoms with Gasteiger partial charge in [-0.25, -0.2) is 0 Å². The summed E-state index contributed by atoms with van der Waals surface area (Å²) in [5.74, 6) is -0.625. The van der Waals surface area contributed by atoms with Gasteiger partial charge in [0.15, 0.2) is 0 Å². The third-order valence-electron chi connectivity index (χ3n) is 0.352. The summed E-state index contributed by atoms with van der Waals surface area (Å²) in [6.07, 6.45) is 0. The van der Waals surface area contributed by atoms with Gasteiger partial charge in [0.25, 0.3) is 0 Å². The zero-order valence-corrected chi connectivity index (χ0v) is 10.4. The number of hydrogen-bond donors (Lipinski definition) is 1. The molecule has 0 unspecified atom stereocenters. The molecule has 0 aliphatic carbocycles. The van der Waals surface area contributed by atoms with Crippen molar-refractivity contribution in [2.24, 2.45) is 0 Å². The molecule has 0 aliphatic heterocycles. The summed E-state index contributed by atoms with van der Waals surface area (Å²) in [7, 11) is 0. The molecule has 0 radical (unpaired) electrons. The number of hydrogen-bond acceptors (Lipinski definition) is 2. The molecule has 2 amide bonds. The SMILES string of the molecule is CC.CC(=O)NC(C)=O.[H-].[K+]. The molecular weight excluding hydrogens is 157 g/mol. The Hall–Kier alpha value is 0.776. The van der Waals surface area contributed by atoms with Gasteiger partial charge in [-0.3, -0.25) is 14.9 Å². The number of carbonyl (C=O) groups excluding carboxylic acids is 2. The van der Waals surface area contributed by atoms with Gasteiger partial charge in [-0.1, -0.05) is 13.8 Å². The van der Waals surface area contributed by atoms with Crippen LogP contribution in [0.5, 0.6) is 0 Å². The van der Waals surface area contributed by atoms with Crippen molar-refractivity contribution in [3.8, 4) is 0 Å². The van der Waals surface area contributed by atoms with Crippen molar-refractivity contribution in [1.82, 2.24) is 5.32 Å². The smallest absolute Gasteiger partial charge is 1.00 e. The zero-order chi connectivity index (χ0) is 7.86. The predicted molar refractivity (Wildman–Crippen MR) is 37.0 cm³/mol. The fourth-order valence-electron chi connectivity index (χ4n) is 0.248. The van der Waals surface area contributed by atoms with Gasteiger partial charge in [0.2, 0.25) is 11.8 Å². The van der Waals surface area contributed by atoms with Crippen LogP contribution in [-0.4, -0.2) is 11.8 Å². The average molecular weight is 171 g/mol. The monoisotopic (exact) mass is 171 g/mol. The number of nitrogens with one attached hydrogen (secondary N) is 1. The number of amides is 2. The summed E-state index contributed by atoms with van der Waals surface area (Å²) in [6.45, 7) is 6.59. The number of carbonyl (C=O) groups is 2. The van der Waals surface area contributed by atoms with Gasteiger partial charge in [-0.05, 0) is 0 Å². The molecule has 1 N–H and O–H groups in total. The van der Waals surface area contributed by atoms with E-state index in [-0.39, 0.29) is 64.6 Å². The second-order valence-corrected chi connectivity index (χ2v) is 1.24. The zero-order valence-electron chi connectivity index (χ0n) is 8.32. The Bertz CT molecular complexity index is 96.8. The van der Waals surface area contributed by atoms with Gasteiger partial charge in [-0.15, -0.1) is 0 Å². The summed E-state index contributed by atoms with van der Waals surface area (Å²) < 4.78 is 0. The van der Waals surface area contributed by atoms with E-state index in [1.807, 2.05) is 19.2 Å². The number of imide groups is 1. The second-order valence-electron chi connectivity index (χ2n) is 1.24. The summed E-state index contributed by atoms with van der Waals surface area (Å²) in [5, 5.41) is 2.03. The van der Waals surface area contributed by atoms with E-state index in [9.17, 15) is 9.59 Å². The molecule has 0 bridgehead atoms. The minimum absolute atomic E-state index is 0. The minimum Gasteiger partial charge on any atom is -1.00 e. The largest absolute Gasteiger partial charge is 1.00 e. The maximum Gasteiger partial charge on any atom is 1.00 e. The van der Waals surface area contributed by atoms with E-state index >= 15 is 0 Å². The van der Waals surface area contributed by atoms with E-state index in [0.717, 1.165) is 0 Å². The van der Waals surface area contributed by atoms with Gasteiger partial charge in [0, 0.05) is 13.8 Å². The average Bonchev–Trinajstić information content (AvgIpc) is 1.68. The molecule has 0 aromatic carbocycles. The quantitative estimate of drug-likeness (QED) is 0.421.